The van der Waals surface area contributed by atoms with E-state index in [0.29, 0.717) is 0 Å². The molecular weight excluding hydrogens is 353 g/mol. The van der Waals surface area contributed by atoms with Gasteiger partial charge < -0.3 is 15.1 Å². The van der Waals surface area contributed by atoms with Crippen LogP contribution in [0.15, 0.2) is 54.6 Å². The zero-order valence-electron chi connectivity index (χ0n) is 16.2. The van der Waals surface area contributed by atoms with Crippen LogP contribution in [0.25, 0.3) is 0 Å². The molecule has 1 saturated heterocycles. The van der Waals surface area contributed by atoms with Gasteiger partial charge in [-0.05, 0) is 55.8 Å². The van der Waals surface area contributed by atoms with Crippen molar-refractivity contribution in [2.45, 2.75) is 13.8 Å². The third-order valence-electron chi connectivity index (χ3n) is 4.89. The molecule has 1 aromatic heterocycles. The normalized spacial score (nSPS) is 14.2. The maximum atomic E-state index is 13.1. The minimum absolute atomic E-state index is 0.253. The summed E-state index contributed by atoms with van der Waals surface area (Å²) in [5.41, 5.74) is 4.24. The fourth-order valence-electron chi connectivity index (χ4n) is 3.43. The van der Waals surface area contributed by atoms with Crippen molar-refractivity contribution in [2.24, 2.45) is 0 Å². The zero-order valence-corrected chi connectivity index (χ0v) is 16.2. The lowest BCUT2D eigenvalue weighted by molar-refractivity contribution is 0.628. The van der Waals surface area contributed by atoms with E-state index in [1.807, 2.05) is 13.0 Å². The van der Waals surface area contributed by atoms with Crippen molar-refractivity contribution in [1.29, 1.82) is 0 Å². The van der Waals surface area contributed by atoms with Gasteiger partial charge in [0.2, 0.25) is 5.95 Å². The first kappa shape index (κ1) is 18.2. The number of nitrogens with zero attached hydrogens (tertiary/aromatic N) is 4. The molecule has 0 radical (unpaired) electrons. The molecule has 28 heavy (non-hydrogen) atoms. The van der Waals surface area contributed by atoms with E-state index >= 15 is 0 Å². The number of hydrogen-bond donors (Lipinski definition) is 1. The highest BCUT2D eigenvalue weighted by atomic mass is 19.1. The van der Waals surface area contributed by atoms with Gasteiger partial charge in [-0.15, -0.1) is 0 Å². The number of piperazine rings is 1. The summed E-state index contributed by atoms with van der Waals surface area (Å²) in [5, 5.41) is 3.24. The molecule has 0 spiro atoms. The molecule has 2 heterocycles. The number of hydrogen-bond acceptors (Lipinski definition) is 5. The van der Waals surface area contributed by atoms with E-state index in [0.717, 1.165) is 49.3 Å². The van der Waals surface area contributed by atoms with Gasteiger partial charge >= 0.3 is 0 Å². The Morgan fingerprint density at radius 1 is 0.857 bits per heavy atom. The van der Waals surface area contributed by atoms with Gasteiger partial charge in [-0.25, -0.2) is 9.37 Å². The van der Waals surface area contributed by atoms with Crippen LogP contribution >= 0.6 is 0 Å². The summed E-state index contributed by atoms with van der Waals surface area (Å²) in [7, 11) is 0. The van der Waals surface area contributed by atoms with E-state index in [2.05, 4.69) is 56.3 Å². The first-order chi connectivity index (χ1) is 13.6. The standard InChI is InChI=1S/C22H24FN5/c1-16-4-3-5-20(14-16)27-10-12-28(13-11-27)22-24-17(2)15-21(26-22)25-19-8-6-18(23)7-9-19/h3-9,14-15H,10-13H2,1-2H3,(H,24,25,26). The highest BCUT2D eigenvalue weighted by Crippen LogP contribution is 2.22. The summed E-state index contributed by atoms with van der Waals surface area (Å²) in [4.78, 5) is 13.9. The third kappa shape index (κ3) is 4.22. The molecule has 2 aromatic carbocycles. The molecule has 6 heteroatoms. The number of nitrogens with one attached hydrogen (secondary N) is 1. The van der Waals surface area contributed by atoms with Crippen molar-refractivity contribution < 1.29 is 4.39 Å². The Labute approximate surface area is 164 Å². The maximum Gasteiger partial charge on any atom is 0.227 e. The Morgan fingerprint density at radius 2 is 1.57 bits per heavy atom. The SMILES string of the molecule is Cc1cccc(N2CCN(c3nc(C)cc(Nc4ccc(F)cc4)n3)CC2)c1. The van der Waals surface area contributed by atoms with Crippen LogP contribution in [0, 0.1) is 19.7 Å². The second-order valence-corrected chi connectivity index (χ2v) is 7.14. The van der Waals surface area contributed by atoms with Crippen LogP contribution < -0.4 is 15.1 Å². The molecule has 0 aliphatic carbocycles. The van der Waals surface area contributed by atoms with Gasteiger partial charge in [-0.3, -0.25) is 0 Å². The lowest BCUT2D eigenvalue weighted by Crippen LogP contribution is -2.47. The highest BCUT2D eigenvalue weighted by molar-refractivity contribution is 5.58. The summed E-state index contributed by atoms with van der Waals surface area (Å²) in [6.45, 7) is 7.68. The number of anilines is 4. The van der Waals surface area contributed by atoms with Crippen molar-refractivity contribution in [2.75, 3.05) is 41.3 Å². The molecule has 0 amide bonds. The number of aryl methyl sites for hydroxylation is 2. The maximum absolute atomic E-state index is 13.1. The minimum atomic E-state index is -0.253. The lowest BCUT2D eigenvalue weighted by atomic mass is 10.2. The zero-order chi connectivity index (χ0) is 19.5. The molecule has 1 N–H and O–H groups in total. The van der Waals surface area contributed by atoms with Gasteiger partial charge in [-0.2, -0.15) is 4.98 Å². The summed E-state index contributed by atoms with van der Waals surface area (Å²) in [5.74, 6) is 1.19. The molecule has 0 saturated carbocycles. The Hall–Kier alpha value is -3.15. The molecule has 1 aliphatic heterocycles. The smallest absolute Gasteiger partial charge is 0.227 e. The van der Waals surface area contributed by atoms with Crippen molar-refractivity contribution in [3.05, 3.63) is 71.7 Å². The topological polar surface area (TPSA) is 44.3 Å². The van der Waals surface area contributed by atoms with E-state index in [-0.39, 0.29) is 5.82 Å². The summed E-state index contributed by atoms with van der Waals surface area (Å²) < 4.78 is 13.1. The van der Waals surface area contributed by atoms with Crippen molar-refractivity contribution >= 4 is 23.1 Å². The largest absolute Gasteiger partial charge is 0.368 e. The van der Waals surface area contributed by atoms with Crippen molar-refractivity contribution in [3.8, 4) is 0 Å². The Balaban J connectivity index is 1.46. The van der Waals surface area contributed by atoms with Gasteiger partial charge in [0.1, 0.15) is 11.6 Å². The molecule has 0 unspecified atom stereocenters. The fourth-order valence-corrected chi connectivity index (χ4v) is 3.43. The molecule has 3 aromatic rings. The first-order valence-corrected chi connectivity index (χ1v) is 9.52. The van der Waals surface area contributed by atoms with E-state index in [4.69, 9.17) is 0 Å². The molecule has 1 aliphatic rings. The molecular formula is C22H24FN5. The van der Waals surface area contributed by atoms with Crippen molar-refractivity contribution in [3.63, 3.8) is 0 Å². The molecule has 0 atom stereocenters. The van der Waals surface area contributed by atoms with Crippen LogP contribution in [0.4, 0.5) is 27.5 Å². The van der Waals surface area contributed by atoms with Gasteiger partial charge in [0.05, 0.1) is 0 Å². The Bertz CT molecular complexity index is 949. The van der Waals surface area contributed by atoms with Gasteiger partial charge in [0, 0.05) is 49.3 Å². The van der Waals surface area contributed by atoms with Crippen molar-refractivity contribution in [1.82, 2.24) is 9.97 Å². The average Bonchev–Trinajstić information content (AvgIpc) is 2.69. The third-order valence-corrected chi connectivity index (χ3v) is 4.89. The van der Waals surface area contributed by atoms with Crippen LogP contribution in [-0.2, 0) is 0 Å². The quantitative estimate of drug-likeness (QED) is 0.734. The van der Waals surface area contributed by atoms with Gasteiger partial charge in [0.25, 0.3) is 0 Å². The van der Waals surface area contributed by atoms with Crippen LogP contribution in [0.5, 0.6) is 0 Å². The van der Waals surface area contributed by atoms with E-state index < -0.39 is 0 Å². The fraction of sp³-hybridized carbons (Fsp3) is 0.273. The number of benzene rings is 2. The molecule has 1 fully saturated rings. The van der Waals surface area contributed by atoms with Gasteiger partial charge in [0.15, 0.2) is 0 Å². The highest BCUT2D eigenvalue weighted by Gasteiger charge is 2.20. The predicted molar refractivity (Wildman–Crippen MR) is 112 cm³/mol. The van der Waals surface area contributed by atoms with Crippen LogP contribution in [0.3, 0.4) is 0 Å². The number of halogens is 1. The predicted octanol–water partition coefficient (Wildman–Crippen LogP) is 4.30. The van der Waals surface area contributed by atoms with Crippen LogP contribution in [0.1, 0.15) is 11.3 Å². The van der Waals surface area contributed by atoms with E-state index in [9.17, 15) is 4.39 Å². The molecule has 5 nitrogen and oxygen atoms in total. The summed E-state index contributed by atoms with van der Waals surface area (Å²) in [6.07, 6.45) is 0. The van der Waals surface area contributed by atoms with Gasteiger partial charge in [-0.1, -0.05) is 12.1 Å². The summed E-state index contributed by atoms with van der Waals surface area (Å²) in [6, 6.07) is 16.8. The summed E-state index contributed by atoms with van der Waals surface area (Å²) >= 11 is 0. The first-order valence-electron chi connectivity index (χ1n) is 9.52. The van der Waals surface area contributed by atoms with E-state index in [1.54, 1.807) is 12.1 Å². The molecule has 144 valence electrons. The molecule has 4 rings (SSSR count). The Morgan fingerprint density at radius 3 is 2.29 bits per heavy atom. The lowest BCUT2D eigenvalue weighted by Gasteiger charge is -2.36. The minimum Gasteiger partial charge on any atom is -0.368 e. The Kier molecular flexibility index (Phi) is 5.10. The monoisotopic (exact) mass is 377 g/mol. The van der Waals surface area contributed by atoms with Crippen LogP contribution in [0.2, 0.25) is 0 Å². The second kappa shape index (κ2) is 7.84. The second-order valence-electron chi connectivity index (χ2n) is 7.14. The van der Waals surface area contributed by atoms with Crippen LogP contribution in [-0.4, -0.2) is 36.1 Å². The number of rotatable bonds is 4. The van der Waals surface area contributed by atoms with E-state index in [1.165, 1.54) is 23.4 Å². The molecule has 0 bridgehead atoms. The number of aromatic nitrogens is 2. The average molecular weight is 377 g/mol.